The molecule has 7 nitrogen and oxygen atoms in total. The fourth-order valence-corrected chi connectivity index (χ4v) is 2.51. The number of nitrogens with zero attached hydrogens (tertiary/aromatic N) is 3. The molecule has 0 bridgehead atoms. The second kappa shape index (κ2) is 6.33. The predicted molar refractivity (Wildman–Crippen MR) is 91.5 cm³/mol. The van der Waals surface area contributed by atoms with Gasteiger partial charge in [0.1, 0.15) is 0 Å². The zero-order valence-electron chi connectivity index (χ0n) is 13.3. The topological polar surface area (TPSA) is 101 Å². The third kappa shape index (κ3) is 4.04. The Bertz CT molecular complexity index is 763. The number of thiazole rings is 1. The van der Waals surface area contributed by atoms with Crippen LogP contribution < -0.4 is 5.43 Å². The Kier molecular flexibility index (Phi) is 4.65. The SMILES string of the molecule is Cc1csc(NN=Cc2cc(C(C)(C)C)cc([N+](=O)[O-])c2O)n1. The summed E-state index contributed by atoms with van der Waals surface area (Å²) in [6.45, 7) is 7.70. The van der Waals surface area contributed by atoms with E-state index in [1.165, 1.54) is 23.6 Å². The van der Waals surface area contributed by atoms with E-state index in [-0.39, 0.29) is 16.7 Å². The Morgan fingerprint density at radius 2 is 2.13 bits per heavy atom. The fourth-order valence-electron chi connectivity index (χ4n) is 1.87. The molecule has 8 heteroatoms. The molecule has 23 heavy (non-hydrogen) atoms. The summed E-state index contributed by atoms with van der Waals surface area (Å²) in [6, 6.07) is 3.09. The summed E-state index contributed by atoms with van der Waals surface area (Å²) in [5.41, 5.74) is 4.03. The van der Waals surface area contributed by atoms with Crippen molar-refractivity contribution in [2.75, 3.05) is 5.43 Å². The van der Waals surface area contributed by atoms with Gasteiger partial charge in [-0.2, -0.15) is 5.10 Å². The van der Waals surface area contributed by atoms with E-state index >= 15 is 0 Å². The van der Waals surface area contributed by atoms with Gasteiger partial charge in [0, 0.05) is 17.0 Å². The minimum atomic E-state index is -0.598. The average Bonchev–Trinajstić information content (AvgIpc) is 2.84. The van der Waals surface area contributed by atoms with Gasteiger partial charge >= 0.3 is 5.69 Å². The Hall–Kier alpha value is -2.48. The monoisotopic (exact) mass is 334 g/mol. The number of rotatable bonds is 4. The first-order chi connectivity index (χ1) is 10.7. The fraction of sp³-hybridized carbons (Fsp3) is 0.333. The van der Waals surface area contributed by atoms with Gasteiger partial charge in [0.05, 0.1) is 16.8 Å². The summed E-state index contributed by atoms with van der Waals surface area (Å²) in [5.74, 6) is -0.399. The molecule has 0 saturated carbocycles. The number of benzene rings is 1. The number of aromatic nitrogens is 1. The van der Waals surface area contributed by atoms with Crippen LogP contribution in [0.5, 0.6) is 5.75 Å². The van der Waals surface area contributed by atoms with Crippen LogP contribution in [0.2, 0.25) is 0 Å². The van der Waals surface area contributed by atoms with Gasteiger partial charge in [-0.05, 0) is 24.0 Å². The van der Waals surface area contributed by atoms with E-state index in [0.717, 1.165) is 11.3 Å². The minimum absolute atomic E-state index is 0.282. The molecule has 0 amide bonds. The predicted octanol–water partition coefficient (Wildman–Crippen LogP) is 3.81. The third-order valence-electron chi connectivity index (χ3n) is 3.16. The molecule has 2 rings (SSSR count). The molecule has 122 valence electrons. The zero-order chi connectivity index (χ0) is 17.2. The van der Waals surface area contributed by atoms with Crippen LogP contribution in [0, 0.1) is 17.0 Å². The number of nitro benzene ring substituents is 1. The summed E-state index contributed by atoms with van der Waals surface area (Å²) in [5, 5.41) is 27.7. The van der Waals surface area contributed by atoms with Gasteiger partial charge in [0.25, 0.3) is 0 Å². The Balaban J connectivity index is 2.36. The summed E-state index contributed by atoms with van der Waals surface area (Å²) in [6.07, 6.45) is 1.36. The number of aryl methyl sites for hydroxylation is 1. The number of phenols is 1. The molecule has 2 aromatic rings. The summed E-state index contributed by atoms with van der Waals surface area (Å²) in [4.78, 5) is 14.7. The summed E-state index contributed by atoms with van der Waals surface area (Å²) < 4.78 is 0. The van der Waals surface area contributed by atoms with Crippen LogP contribution in [0.25, 0.3) is 0 Å². The zero-order valence-corrected chi connectivity index (χ0v) is 14.1. The van der Waals surface area contributed by atoms with E-state index in [9.17, 15) is 15.2 Å². The van der Waals surface area contributed by atoms with Crippen molar-refractivity contribution in [3.8, 4) is 5.75 Å². The number of hydrogen-bond acceptors (Lipinski definition) is 7. The smallest absolute Gasteiger partial charge is 0.311 e. The maximum Gasteiger partial charge on any atom is 0.311 e. The second-order valence-electron chi connectivity index (χ2n) is 6.10. The van der Waals surface area contributed by atoms with Crippen molar-refractivity contribution in [2.45, 2.75) is 33.1 Å². The van der Waals surface area contributed by atoms with Gasteiger partial charge in [-0.1, -0.05) is 20.8 Å². The molecule has 1 aromatic heterocycles. The van der Waals surface area contributed by atoms with Gasteiger partial charge in [-0.25, -0.2) is 4.98 Å². The Morgan fingerprint density at radius 1 is 1.43 bits per heavy atom. The lowest BCUT2D eigenvalue weighted by molar-refractivity contribution is -0.386. The van der Waals surface area contributed by atoms with E-state index in [1.807, 2.05) is 33.1 Å². The van der Waals surface area contributed by atoms with Crippen molar-refractivity contribution in [2.24, 2.45) is 5.10 Å². The largest absolute Gasteiger partial charge is 0.502 e. The number of aromatic hydroxyl groups is 1. The van der Waals surface area contributed by atoms with Crippen LogP contribution in [0.3, 0.4) is 0 Å². The molecule has 0 saturated heterocycles. The van der Waals surface area contributed by atoms with E-state index < -0.39 is 10.7 Å². The molecule has 1 aromatic carbocycles. The standard InChI is InChI=1S/C15H18N4O3S/c1-9-8-23-14(17-9)18-16-7-10-5-11(15(2,3)4)6-12(13(10)20)19(21)22/h5-8,20H,1-4H3,(H,17,18). The normalized spacial score (nSPS) is 11.8. The number of anilines is 1. The van der Waals surface area contributed by atoms with Crippen LogP contribution >= 0.6 is 11.3 Å². The molecule has 0 radical (unpaired) electrons. The lowest BCUT2D eigenvalue weighted by atomic mass is 9.85. The highest BCUT2D eigenvalue weighted by molar-refractivity contribution is 7.13. The van der Waals surface area contributed by atoms with E-state index in [4.69, 9.17) is 0 Å². The molecule has 2 N–H and O–H groups in total. The number of nitrogens with one attached hydrogen (secondary N) is 1. The highest BCUT2D eigenvalue weighted by atomic mass is 32.1. The summed E-state index contributed by atoms with van der Waals surface area (Å²) >= 11 is 1.40. The average molecular weight is 334 g/mol. The van der Waals surface area contributed by atoms with Crippen LogP contribution in [0.15, 0.2) is 22.6 Å². The Labute approximate surface area is 137 Å². The number of hydrogen-bond donors (Lipinski definition) is 2. The van der Waals surface area contributed by atoms with Gasteiger partial charge in [0.15, 0.2) is 0 Å². The summed E-state index contributed by atoms with van der Waals surface area (Å²) in [7, 11) is 0. The number of hydrazone groups is 1. The van der Waals surface area contributed by atoms with E-state index in [0.29, 0.717) is 5.13 Å². The van der Waals surface area contributed by atoms with Crippen molar-refractivity contribution in [3.05, 3.63) is 44.4 Å². The van der Waals surface area contributed by atoms with Crippen LogP contribution in [0.4, 0.5) is 10.8 Å². The van der Waals surface area contributed by atoms with Gasteiger partial charge < -0.3 is 5.11 Å². The van der Waals surface area contributed by atoms with E-state index in [2.05, 4.69) is 15.5 Å². The van der Waals surface area contributed by atoms with Crippen molar-refractivity contribution < 1.29 is 10.0 Å². The molecule has 0 aliphatic rings. The molecule has 0 unspecified atom stereocenters. The molecule has 1 heterocycles. The number of nitro groups is 1. The second-order valence-corrected chi connectivity index (χ2v) is 6.96. The molecule has 0 aliphatic heterocycles. The molecular formula is C15H18N4O3S. The lowest BCUT2D eigenvalue weighted by Gasteiger charge is -2.19. The highest BCUT2D eigenvalue weighted by Gasteiger charge is 2.23. The van der Waals surface area contributed by atoms with Gasteiger partial charge in [0.2, 0.25) is 10.9 Å². The lowest BCUT2D eigenvalue weighted by Crippen LogP contribution is -2.12. The molecule has 0 atom stereocenters. The minimum Gasteiger partial charge on any atom is -0.502 e. The first kappa shape index (κ1) is 16.9. The highest BCUT2D eigenvalue weighted by Crippen LogP contribution is 2.35. The van der Waals surface area contributed by atoms with Crippen molar-refractivity contribution in [3.63, 3.8) is 0 Å². The quantitative estimate of drug-likeness (QED) is 0.503. The maximum atomic E-state index is 11.1. The van der Waals surface area contributed by atoms with Crippen LogP contribution in [-0.2, 0) is 5.41 Å². The van der Waals surface area contributed by atoms with Crippen molar-refractivity contribution in [1.29, 1.82) is 0 Å². The van der Waals surface area contributed by atoms with Gasteiger partial charge in [-0.3, -0.25) is 15.5 Å². The number of phenolic OH excluding ortho intramolecular Hbond substituents is 1. The maximum absolute atomic E-state index is 11.1. The third-order valence-corrected chi connectivity index (χ3v) is 4.03. The van der Waals surface area contributed by atoms with Crippen LogP contribution in [-0.4, -0.2) is 21.2 Å². The molecule has 0 aliphatic carbocycles. The van der Waals surface area contributed by atoms with Crippen molar-refractivity contribution >= 4 is 28.4 Å². The van der Waals surface area contributed by atoms with Gasteiger partial charge in [-0.15, -0.1) is 11.3 Å². The first-order valence-electron chi connectivity index (χ1n) is 6.91. The van der Waals surface area contributed by atoms with E-state index in [1.54, 1.807) is 6.07 Å². The van der Waals surface area contributed by atoms with Crippen molar-refractivity contribution in [1.82, 2.24) is 4.98 Å². The molecule has 0 fully saturated rings. The van der Waals surface area contributed by atoms with Crippen LogP contribution in [0.1, 0.15) is 37.6 Å². The Morgan fingerprint density at radius 3 is 2.65 bits per heavy atom. The first-order valence-corrected chi connectivity index (χ1v) is 7.79. The molecule has 0 spiro atoms. The molecular weight excluding hydrogens is 316 g/mol.